The predicted octanol–water partition coefficient (Wildman–Crippen LogP) is 4.08. The summed E-state index contributed by atoms with van der Waals surface area (Å²) in [7, 11) is 0. The number of fused-ring (bicyclic) bond motifs is 1. The lowest BCUT2D eigenvalue weighted by molar-refractivity contribution is -0.133. The molecule has 1 amide bonds. The van der Waals surface area contributed by atoms with Crippen LogP contribution in [-0.2, 0) is 11.3 Å². The maximum atomic E-state index is 13.0. The van der Waals surface area contributed by atoms with Gasteiger partial charge in [0.2, 0.25) is 5.91 Å². The maximum Gasteiger partial charge on any atom is 0.223 e. The second-order valence-corrected chi connectivity index (χ2v) is 7.51. The zero-order chi connectivity index (χ0) is 17.4. The summed E-state index contributed by atoms with van der Waals surface area (Å²) in [6.07, 6.45) is 5.98. The van der Waals surface area contributed by atoms with E-state index in [-0.39, 0.29) is 42.8 Å². The predicted molar refractivity (Wildman–Crippen MR) is 114 cm³/mol. The second kappa shape index (κ2) is 9.26. The van der Waals surface area contributed by atoms with Crippen molar-refractivity contribution in [2.45, 2.75) is 64.1 Å². The molecule has 1 aromatic heterocycles. The van der Waals surface area contributed by atoms with Crippen molar-refractivity contribution >= 4 is 41.8 Å². The van der Waals surface area contributed by atoms with Gasteiger partial charge in [-0.25, -0.2) is 4.98 Å². The average Bonchev–Trinajstić information content (AvgIpc) is 3.32. The van der Waals surface area contributed by atoms with Crippen molar-refractivity contribution in [3.8, 4) is 0 Å². The van der Waals surface area contributed by atoms with Crippen molar-refractivity contribution in [1.29, 1.82) is 0 Å². The van der Waals surface area contributed by atoms with Crippen LogP contribution in [0, 0.1) is 5.92 Å². The number of amides is 1. The molecule has 5 nitrogen and oxygen atoms in total. The highest BCUT2D eigenvalue weighted by atomic mass is 35.5. The standard InChI is InChI=1S/C20H28N4O.2ClH/c1-2-23-17-10-4-3-9-16(17)22-20(23)18-11-6-12-24(18)19(25)13-14-7-5-8-15(14)21;;/h3-4,9-10,14-15,18H,2,5-8,11-13,21H2,1H3;2*1H/t14-,15+,18?;;/m0../s1. The molecule has 2 heterocycles. The van der Waals surface area contributed by atoms with Gasteiger partial charge < -0.3 is 15.2 Å². The number of carbonyl (C=O) groups is 1. The molecule has 2 N–H and O–H groups in total. The summed E-state index contributed by atoms with van der Waals surface area (Å²) in [5.74, 6) is 1.67. The topological polar surface area (TPSA) is 64.2 Å². The molecular weight excluding hydrogens is 383 g/mol. The normalized spacial score (nSPS) is 24.7. The Hall–Kier alpha value is -1.30. The van der Waals surface area contributed by atoms with Crippen LogP contribution in [0.1, 0.15) is 57.3 Å². The Morgan fingerprint density at radius 3 is 2.67 bits per heavy atom. The minimum absolute atomic E-state index is 0. The summed E-state index contributed by atoms with van der Waals surface area (Å²) >= 11 is 0. The summed E-state index contributed by atoms with van der Waals surface area (Å²) in [6, 6.07) is 8.57. The first-order valence-corrected chi connectivity index (χ1v) is 9.69. The molecule has 1 saturated heterocycles. The van der Waals surface area contributed by atoms with Crippen LogP contribution in [-0.4, -0.2) is 32.9 Å². The van der Waals surface area contributed by atoms with E-state index in [2.05, 4.69) is 34.6 Å². The van der Waals surface area contributed by atoms with E-state index in [4.69, 9.17) is 10.7 Å². The number of hydrogen-bond donors (Lipinski definition) is 1. The number of nitrogens with zero attached hydrogens (tertiary/aromatic N) is 3. The first-order chi connectivity index (χ1) is 12.2. The summed E-state index contributed by atoms with van der Waals surface area (Å²) < 4.78 is 2.27. The quantitative estimate of drug-likeness (QED) is 0.822. The Labute approximate surface area is 173 Å². The first kappa shape index (κ1) is 22.0. The molecule has 1 unspecified atom stereocenters. The molecule has 0 spiro atoms. The second-order valence-electron chi connectivity index (χ2n) is 7.51. The van der Waals surface area contributed by atoms with E-state index < -0.39 is 0 Å². The SMILES string of the molecule is CCn1c(C2CCCN2C(=O)C[C@@H]2CCC[C@H]2N)nc2ccccc21.Cl.Cl. The van der Waals surface area contributed by atoms with Crippen molar-refractivity contribution in [3.63, 3.8) is 0 Å². The minimum Gasteiger partial charge on any atom is -0.332 e. The zero-order valence-corrected chi connectivity index (χ0v) is 17.5. The third-order valence-electron chi connectivity index (χ3n) is 6.03. The van der Waals surface area contributed by atoms with Crippen LogP contribution in [0.15, 0.2) is 24.3 Å². The highest BCUT2D eigenvalue weighted by Crippen LogP contribution is 2.35. The molecule has 0 bridgehead atoms. The van der Waals surface area contributed by atoms with Gasteiger partial charge in [0.25, 0.3) is 0 Å². The molecule has 1 aromatic carbocycles. The molecule has 1 aliphatic carbocycles. The lowest BCUT2D eigenvalue weighted by Crippen LogP contribution is -2.35. The fourth-order valence-electron chi connectivity index (χ4n) is 4.68. The number of likely N-dealkylation sites (tertiary alicyclic amines) is 1. The Morgan fingerprint density at radius 1 is 1.19 bits per heavy atom. The van der Waals surface area contributed by atoms with E-state index in [1.54, 1.807) is 0 Å². The molecule has 7 heteroatoms. The van der Waals surface area contributed by atoms with E-state index in [0.29, 0.717) is 12.3 Å². The Morgan fingerprint density at radius 2 is 1.96 bits per heavy atom. The van der Waals surface area contributed by atoms with Crippen LogP contribution < -0.4 is 5.73 Å². The van der Waals surface area contributed by atoms with Crippen LogP contribution in [0.3, 0.4) is 0 Å². The summed E-state index contributed by atoms with van der Waals surface area (Å²) in [5.41, 5.74) is 8.37. The van der Waals surface area contributed by atoms with Crippen molar-refractivity contribution in [3.05, 3.63) is 30.1 Å². The molecular formula is C20H30Cl2N4O. The number of benzene rings is 1. The van der Waals surface area contributed by atoms with Gasteiger partial charge in [-0.3, -0.25) is 4.79 Å². The number of nitrogens with two attached hydrogens (primary N) is 1. The average molecular weight is 413 g/mol. The van der Waals surface area contributed by atoms with Crippen LogP contribution in [0.25, 0.3) is 11.0 Å². The molecule has 27 heavy (non-hydrogen) atoms. The van der Waals surface area contributed by atoms with Gasteiger partial charge in [-0.15, -0.1) is 24.8 Å². The summed E-state index contributed by atoms with van der Waals surface area (Å²) in [6.45, 7) is 3.87. The molecule has 0 radical (unpaired) electrons. The van der Waals surface area contributed by atoms with Gasteiger partial charge in [0, 0.05) is 25.6 Å². The van der Waals surface area contributed by atoms with E-state index in [1.165, 1.54) is 0 Å². The number of para-hydroxylation sites is 2. The first-order valence-electron chi connectivity index (χ1n) is 9.69. The van der Waals surface area contributed by atoms with Crippen LogP contribution in [0.2, 0.25) is 0 Å². The maximum absolute atomic E-state index is 13.0. The monoisotopic (exact) mass is 412 g/mol. The van der Waals surface area contributed by atoms with E-state index in [0.717, 1.165) is 62.1 Å². The van der Waals surface area contributed by atoms with Gasteiger partial charge in [0.1, 0.15) is 5.82 Å². The van der Waals surface area contributed by atoms with E-state index in [1.807, 2.05) is 6.07 Å². The molecule has 2 fully saturated rings. The highest BCUT2D eigenvalue weighted by molar-refractivity contribution is 5.85. The lowest BCUT2D eigenvalue weighted by Gasteiger charge is -2.27. The van der Waals surface area contributed by atoms with Gasteiger partial charge in [0.05, 0.1) is 17.1 Å². The van der Waals surface area contributed by atoms with E-state index >= 15 is 0 Å². The van der Waals surface area contributed by atoms with Gasteiger partial charge in [-0.1, -0.05) is 18.6 Å². The van der Waals surface area contributed by atoms with Crippen molar-refractivity contribution in [1.82, 2.24) is 14.5 Å². The third-order valence-corrected chi connectivity index (χ3v) is 6.03. The fraction of sp³-hybridized carbons (Fsp3) is 0.600. The minimum atomic E-state index is 0. The summed E-state index contributed by atoms with van der Waals surface area (Å²) in [4.78, 5) is 19.9. The smallest absolute Gasteiger partial charge is 0.223 e. The Bertz CT molecular complexity index is 778. The van der Waals surface area contributed by atoms with Crippen LogP contribution in [0.5, 0.6) is 0 Å². The fourth-order valence-corrected chi connectivity index (χ4v) is 4.68. The lowest BCUT2D eigenvalue weighted by atomic mass is 9.99. The van der Waals surface area contributed by atoms with Gasteiger partial charge in [0.15, 0.2) is 0 Å². The van der Waals surface area contributed by atoms with Crippen molar-refractivity contribution < 1.29 is 4.79 Å². The largest absolute Gasteiger partial charge is 0.332 e. The van der Waals surface area contributed by atoms with Crippen LogP contribution in [0.4, 0.5) is 0 Å². The molecule has 2 aliphatic rings. The van der Waals surface area contributed by atoms with Crippen molar-refractivity contribution in [2.75, 3.05) is 6.54 Å². The van der Waals surface area contributed by atoms with Gasteiger partial charge >= 0.3 is 0 Å². The number of imidazole rings is 1. The Kier molecular flexibility index (Phi) is 7.55. The highest BCUT2D eigenvalue weighted by Gasteiger charge is 2.35. The van der Waals surface area contributed by atoms with E-state index in [9.17, 15) is 4.79 Å². The molecule has 4 rings (SSSR count). The number of aromatic nitrogens is 2. The van der Waals surface area contributed by atoms with Gasteiger partial charge in [-0.2, -0.15) is 0 Å². The number of hydrogen-bond acceptors (Lipinski definition) is 3. The van der Waals surface area contributed by atoms with Crippen molar-refractivity contribution in [2.24, 2.45) is 11.7 Å². The number of aryl methyl sites for hydroxylation is 1. The number of carbonyl (C=O) groups excluding carboxylic acids is 1. The third kappa shape index (κ3) is 4.10. The Balaban J connectivity index is 0.00000131. The molecule has 1 saturated carbocycles. The zero-order valence-electron chi connectivity index (χ0n) is 15.8. The molecule has 150 valence electrons. The van der Waals surface area contributed by atoms with Crippen LogP contribution >= 0.6 is 24.8 Å². The molecule has 3 atom stereocenters. The summed E-state index contributed by atoms with van der Waals surface area (Å²) in [5, 5.41) is 0. The molecule has 1 aliphatic heterocycles. The van der Waals surface area contributed by atoms with Gasteiger partial charge in [-0.05, 0) is 50.7 Å². The number of halogens is 2. The number of rotatable bonds is 4. The molecule has 2 aromatic rings.